The van der Waals surface area contributed by atoms with E-state index in [1.54, 1.807) is 30.3 Å². The molecule has 0 atom stereocenters. The van der Waals surface area contributed by atoms with E-state index in [2.05, 4.69) is 15.7 Å². The van der Waals surface area contributed by atoms with Crippen LogP contribution in [0.4, 0.5) is 10.5 Å². The lowest BCUT2D eigenvalue weighted by Gasteiger charge is -2.28. The maximum atomic E-state index is 12.9. The molecular weight excluding hydrogens is 448 g/mol. The second-order valence-electron chi connectivity index (χ2n) is 9.33. The predicted octanol–water partition coefficient (Wildman–Crippen LogP) is 4.61. The summed E-state index contributed by atoms with van der Waals surface area (Å²) >= 11 is 0. The van der Waals surface area contributed by atoms with Crippen LogP contribution < -0.4 is 20.1 Å². The average molecular weight is 475 g/mol. The van der Waals surface area contributed by atoms with Crippen molar-refractivity contribution in [2.24, 2.45) is 0 Å². The summed E-state index contributed by atoms with van der Waals surface area (Å²) in [5.41, 5.74) is 2.72. The van der Waals surface area contributed by atoms with Gasteiger partial charge in [0.2, 0.25) is 6.79 Å². The number of carbonyl (C=O) groups excluding carboxylic acids is 2. The lowest BCUT2D eigenvalue weighted by molar-refractivity contribution is 0.102. The quantitative estimate of drug-likeness (QED) is 0.465. The van der Waals surface area contributed by atoms with Crippen molar-refractivity contribution in [3.63, 3.8) is 0 Å². The molecule has 2 fully saturated rings. The second kappa shape index (κ2) is 8.65. The van der Waals surface area contributed by atoms with Crippen molar-refractivity contribution in [2.45, 2.75) is 50.5 Å². The minimum atomic E-state index is -0.319. The Balaban J connectivity index is 1.27. The van der Waals surface area contributed by atoms with Gasteiger partial charge in [0.15, 0.2) is 11.5 Å². The number of amides is 2. The summed E-state index contributed by atoms with van der Waals surface area (Å²) in [5, 5.41) is 21.1. The molecule has 3 aliphatic rings. The molecule has 0 spiro atoms. The van der Waals surface area contributed by atoms with Crippen LogP contribution in [0.5, 0.6) is 17.2 Å². The number of hydrogen-bond acceptors (Lipinski definition) is 6. The third kappa shape index (κ3) is 4.07. The van der Waals surface area contributed by atoms with E-state index in [-0.39, 0.29) is 36.4 Å². The molecule has 9 nitrogen and oxygen atoms in total. The van der Waals surface area contributed by atoms with Crippen molar-refractivity contribution in [3.05, 3.63) is 53.7 Å². The van der Waals surface area contributed by atoms with E-state index in [4.69, 9.17) is 9.47 Å². The van der Waals surface area contributed by atoms with Gasteiger partial charge in [0.25, 0.3) is 5.91 Å². The molecule has 2 amide bonds. The molecule has 0 unspecified atom stereocenters. The molecular formula is C26H26N4O5. The Morgan fingerprint density at radius 2 is 1.77 bits per heavy atom. The van der Waals surface area contributed by atoms with Crippen LogP contribution in [0.15, 0.2) is 42.5 Å². The van der Waals surface area contributed by atoms with Crippen LogP contribution in [-0.2, 0) is 0 Å². The second-order valence-corrected chi connectivity index (χ2v) is 9.33. The van der Waals surface area contributed by atoms with Crippen LogP contribution in [0.1, 0.15) is 60.5 Å². The fourth-order valence-corrected chi connectivity index (χ4v) is 4.53. The Hall–Kier alpha value is -4.01. The van der Waals surface area contributed by atoms with Crippen molar-refractivity contribution in [1.29, 1.82) is 0 Å². The van der Waals surface area contributed by atoms with Crippen LogP contribution in [0, 0.1) is 0 Å². The normalized spacial score (nSPS) is 16.9. The standard InChI is InChI=1S/C26H26N4O5/c31-22-9-8-18(27-25(32)16-7-10-23-24(11-16)35-14-34-23)12-19(22)20-13-21(15-3-1-4-15)30(29-20)26(33)28-17-5-2-6-17/h7-13,15,17,31H,1-6,14H2,(H,27,32)(H,28,33). The number of aromatic hydroxyl groups is 1. The molecule has 2 aliphatic carbocycles. The number of phenolic OH excluding ortho intramolecular Hbond substituents is 1. The highest BCUT2D eigenvalue weighted by atomic mass is 16.7. The van der Waals surface area contributed by atoms with E-state index < -0.39 is 0 Å². The molecule has 0 saturated heterocycles. The Kier molecular flexibility index (Phi) is 5.32. The molecule has 180 valence electrons. The van der Waals surface area contributed by atoms with Gasteiger partial charge in [-0.05, 0) is 74.6 Å². The Bertz CT molecular complexity index is 1310. The van der Waals surface area contributed by atoms with Gasteiger partial charge in [0.05, 0.1) is 11.4 Å². The number of phenols is 1. The van der Waals surface area contributed by atoms with Crippen molar-refractivity contribution < 1.29 is 24.2 Å². The van der Waals surface area contributed by atoms with Gasteiger partial charge in [-0.3, -0.25) is 4.79 Å². The summed E-state index contributed by atoms with van der Waals surface area (Å²) in [7, 11) is 0. The zero-order valence-corrected chi connectivity index (χ0v) is 19.1. The summed E-state index contributed by atoms with van der Waals surface area (Å²) in [4.78, 5) is 25.8. The maximum absolute atomic E-state index is 12.9. The highest BCUT2D eigenvalue weighted by molar-refractivity contribution is 6.05. The Morgan fingerprint density at radius 3 is 2.51 bits per heavy atom. The number of carbonyl (C=O) groups is 2. The van der Waals surface area contributed by atoms with E-state index in [1.807, 2.05) is 6.07 Å². The molecule has 9 heteroatoms. The van der Waals surface area contributed by atoms with Gasteiger partial charge in [-0.2, -0.15) is 9.78 Å². The van der Waals surface area contributed by atoms with Crippen LogP contribution >= 0.6 is 0 Å². The first-order valence-electron chi connectivity index (χ1n) is 12.0. The summed E-state index contributed by atoms with van der Waals surface area (Å²) in [5.74, 6) is 1.11. The van der Waals surface area contributed by atoms with E-state index in [1.165, 1.54) is 10.7 Å². The van der Waals surface area contributed by atoms with E-state index >= 15 is 0 Å². The number of hydrogen-bond donors (Lipinski definition) is 3. The van der Waals surface area contributed by atoms with Gasteiger partial charge >= 0.3 is 6.03 Å². The number of rotatable bonds is 5. The molecule has 0 radical (unpaired) electrons. The summed E-state index contributed by atoms with van der Waals surface area (Å²) in [6.07, 6.45) is 6.26. The van der Waals surface area contributed by atoms with Crippen LogP contribution in [0.25, 0.3) is 11.3 Å². The minimum Gasteiger partial charge on any atom is -0.507 e. The lowest BCUT2D eigenvalue weighted by atomic mass is 9.82. The number of benzene rings is 2. The molecule has 3 aromatic rings. The van der Waals surface area contributed by atoms with E-state index in [0.717, 1.165) is 44.2 Å². The molecule has 6 rings (SSSR count). The van der Waals surface area contributed by atoms with Gasteiger partial charge in [0, 0.05) is 28.8 Å². The number of nitrogens with zero attached hydrogens (tertiary/aromatic N) is 2. The van der Waals surface area contributed by atoms with Gasteiger partial charge in [-0.15, -0.1) is 0 Å². The number of nitrogens with one attached hydrogen (secondary N) is 2. The third-order valence-electron chi connectivity index (χ3n) is 7.05. The summed E-state index contributed by atoms with van der Waals surface area (Å²) in [6, 6.07) is 11.6. The zero-order valence-electron chi connectivity index (χ0n) is 19.1. The minimum absolute atomic E-state index is 0.0234. The summed E-state index contributed by atoms with van der Waals surface area (Å²) < 4.78 is 12.1. The summed E-state index contributed by atoms with van der Waals surface area (Å²) in [6.45, 7) is 0.135. The first kappa shape index (κ1) is 21.5. The fraction of sp³-hybridized carbons (Fsp3) is 0.346. The van der Waals surface area contributed by atoms with Gasteiger partial charge in [-0.1, -0.05) is 6.42 Å². The molecule has 1 aromatic heterocycles. The van der Waals surface area contributed by atoms with Crippen molar-refractivity contribution in [3.8, 4) is 28.5 Å². The van der Waals surface area contributed by atoms with Crippen LogP contribution in [0.3, 0.4) is 0 Å². The van der Waals surface area contributed by atoms with E-state index in [0.29, 0.717) is 34.0 Å². The molecule has 1 aliphatic heterocycles. The maximum Gasteiger partial charge on any atom is 0.342 e. The van der Waals surface area contributed by atoms with Crippen LogP contribution in [-0.4, -0.2) is 39.7 Å². The number of anilines is 1. The predicted molar refractivity (Wildman–Crippen MR) is 128 cm³/mol. The van der Waals surface area contributed by atoms with Crippen molar-refractivity contribution >= 4 is 17.6 Å². The monoisotopic (exact) mass is 474 g/mol. The molecule has 35 heavy (non-hydrogen) atoms. The molecule has 2 saturated carbocycles. The number of ether oxygens (including phenoxy) is 2. The highest BCUT2D eigenvalue weighted by Crippen LogP contribution is 2.40. The van der Waals surface area contributed by atoms with Crippen LogP contribution in [0.2, 0.25) is 0 Å². The Labute approximate surface area is 202 Å². The largest absolute Gasteiger partial charge is 0.507 e. The number of aromatic nitrogens is 2. The van der Waals surface area contributed by atoms with Gasteiger partial charge in [0.1, 0.15) is 5.75 Å². The number of fused-ring (bicyclic) bond motifs is 1. The first-order valence-corrected chi connectivity index (χ1v) is 12.0. The molecule has 0 bridgehead atoms. The van der Waals surface area contributed by atoms with E-state index in [9.17, 15) is 14.7 Å². The zero-order chi connectivity index (χ0) is 23.9. The topological polar surface area (TPSA) is 115 Å². The lowest BCUT2D eigenvalue weighted by Crippen LogP contribution is -2.42. The molecule has 3 N–H and O–H groups in total. The SMILES string of the molecule is O=C(Nc1ccc(O)c(-c2cc(C3CCC3)n(C(=O)NC3CCC3)n2)c1)c1ccc2c(c1)OCO2. The Morgan fingerprint density at radius 1 is 0.971 bits per heavy atom. The van der Waals surface area contributed by atoms with Crippen molar-refractivity contribution in [1.82, 2.24) is 15.1 Å². The van der Waals surface area contributed by atoms with Gasteiger partial charge in [-0.25, -0.2) is 4.79 Å². The first-order chi connectivity index (χ1) is 17.0. The average Bonchev–Trinajstić information content (AvgIpc) is 3.43. The highest BCUT2D eigenvalue weighted by Gasteiger charge is 2.29. The smallest absolute Gasteiger partial charge is 0.342 e. The van der Waals surface area contributed by atoms with Gasteiger partial charge < -0.3 is 25.2 Å². The third-order valence-corrected chi connectivity index (χ3v) is 7.05. The van der Waals surface area contributed by atoms with Crippen molar-refractivity contribution in [2.75, 3.05) is 12.1 Å². The fourth-order valence-electron chi connectivity index (χ4n) is 4.53. The molecule has 2 heterocycles. The molecule has 2 aromatic carbocycles.